The van der Waals surface area contributed by atoms with Gasteiger partial charge in [-0.2, -0.15) is 0 Å². The summed E-state index contributed by atoms with van der Waals surface area (Å²) < 4.78 is 7.60. The van der Waals surface area contributed by atoms with Crippen LogP contribution in [0.3, 0.4) is 0 Å². The minimum atomic E-state index is -0.0000478. The number of fused-ring (bicyclic) bond motifs is 1. The summed E-state index contributed by atoms with van der Waals surface area (Å²) in [5.41, 5.74) is 3.39. The summed E-state index contributed by atoms with van der Waals surface area (Å²) in [5, 5.41) is 1.15. The molecule has 0 saturated carbocycles. The fourth-order valence-electron chi connectivity index (χ4n) is 4.28. The largest absolute Gasteiger partial charge is 0.497 e. The molecule has 2 aromatic heterocycles. The monoisotopic (exact) mass is 404 g/mol. The van der Waals surface area contributed by atoms with Crippen LogP contribution >= 0.6 is 11.8 Å². The summed E-state index contributed by atoms with van der Waals surface area (Å²) in [4.78, 5) is 12.3. The number of rotatable bonds is 5. The van der Waals surface area contributed by atoms with Gasteiger partial charge in [-0.15, -0.1) is 0 Å². The Morgan fingerprint density at radius 1 is 1.10 bits per heavy atom. The van der Waals surface area contributed by atoms with Crippen LogP contribution in [-0.4, -0.2) is 38.5 Å². The zero-order valence-electron chi connectivity index (χ0n) is 16.6. The highest BCUT2D eigenvalue weighted by molar-refractivity contribution is 8.14. The first kappa shape index (κ1) is 18.3. The summed E-state index contributed by atoms with van der Waals surface area (Å²) in [5.74, 6) is 1.96. The van der Waals surface area contributed by atoms with E-state index >= 15 is 0 Å². The summed E-state index contributed by atoms with van der Waals surface area (Å²) >= 11 is 1.87. The van der Waals surface area contributed by atoms with Crippen LogP contribution in [0.5, 0.6) is 5.75 Å². The number of methoxy groups -OCH3 is 1. The molecule has 0 radical (unpaired) electrons. The number of thioether (sulfide) groups is 1. The fourth-order valence-corrected chi connectivity index (χ4v) is 5.62. The minimum Gasteiger partial charge on any atom is -0.497 e. The standard InChI is InChI=1S/C23H24N4OS/c1-3-16-15-29-23-25-21(19-7-4-5-13-24-19)22(27(16)23)20-8-6-14-26(20)17-9-11-18(28-2)12-10-17/h4-14,16,21-22H,3,15H2,1-2H3/t16-,21-,22+/m1/s1. The van der Waals surface area contributed by atoms with Crippen molar-refractivity contribution in [3.63, 3.8) is 0 Å². The Hall–Kier alpha value is -2.73. The van der Waals surface area contributed by atoms with Gasteiger partial charge in [0.15, 0.2) is 5.17 Å². The van der Waals surface area contributed by atoms with Gasteiger partial charge >= 0.3 is 0 Å². The number of aliphatic imine (C=N–C) groups is 1. The zero-order valence-corrected chi connectivity index (χ0v) is 17.4. The second-order valence-corrected chi connectivity index (χ2v) is 8.32. The minimum absolute atomic E-state index is 0.0000478. The first-order valence-electron chi connectivity index (χ1n) is 10.0. The molecule has 0 aliphatic carbocycles. The average molecular weight is 405 g/mol. The van der Waals surface area contributed by atoms with Crippen LogP contribution in [0.15, 0.2) is 72.0 Å². The van der Waals surface area contributed by atoms with Crippen molar-refractivity contribution in [3.8, 4) is 11.4 Å². The quantitative estimate of drug-likeness (QED) is 0.609. The lowest BCUT2D eigenvalue weighted by Gasteiger charge is -2.32. The third-order valence-electron chi connectivity index (χ3n) is 5.76. The van der Waals surface area contributed by atoms with Gasteiger partial charge in [0.05, 0.1) is 12.8 Å². The molecule has 4 heterocycles. The maximum absolute atomic E-state index is 5.33. The molecular formula is C23H24N4OS. The van der Waals surface area contributed by atoms with E-state index in [1.165, 1.54) is 5.69 Å². The predicted octanol–water partition coefficient (Wildman–Crippen LogP) is 4.86. The SMILES string of the molecule is CC[C@@H]1CSC2=N[C@H](c3ccccn3)[C@H](c3cccn3-c3ccc(OC)cc3)N21. The molecule has 1 saturated heterocycles. The Labute approximate surface area is 175 Å². The third-order valence-corrected chi connectivity index (χ3v) is 6.89. The molecule has 0 unspecified atom stereocenters. The Morgan fingerprint density at radius 3 is 2.69 bits per heavy atom. The molecule has 0 spiro atoms. The normalized spacial score (nSPS) is 23.2. The van der Waals surface area contributed by atoms with E-state index in [0.29, 0.717) is 6.04 Å². The van der Waals surface area contributed by atoms with E-state index in [4.69, 9.17) is 9.73 Å². The van der Waals surface area contributed by atoms with Crippen molar-refractivity contribution in [2.45, 2.75) is 31.5 Å². The highest BCUT2D eigenvalue weighted by atomic mass is 32.2. The molecule has 0 N–H and O–H groups in total. The van der Waals surface area contributed by atoms with Crippen molar-refractivity contribution in [2.24, 2.45) is 4.99 Å². The van der Waals surface area contributed by atoms with Crippen molar-refractivity contribution in [3.05, 3.63) is 78.4 Å². The molecule has 2 aliphatic heterocycles. The van der Waals surface area contributed by atoms with Gasteiger partial charge in [0.1, 0.15) is 17.8 Å². The van der Waals surface area contributed by atoms with E-state index < -0.39 is 0 Å². The van der Waals surface area contributed by atoms with Gasteiger partial charge in [-0.3, -0.25) is 9.98 Å². The zero-order chi connectivity index (χ0) is 19.8. The molecule has 1 aromatic carbocycles. The van der Waals surface area contributed by atoms with Crippen molar-refractivity contribution in [2.75, 3.05) is 12.9 Å². The van der Waals surface area contributed by atoms with Crippen LogP contribution in [0, 0.1) is 0 Å². The summed E-state index contributed by atoms with van der Waals surface area (Å²) in [7, 11) is 1.70. The number of aromatic nitrogens is 2. The van der Waals surface area contributed by atoms with Crippen LogP contribution in [0.1, 0.15) is 36.8 Å². The second-order valence-electron chi connectivity index (χ2n) is 7.34. The highest BCUT2D eigenvalue weighted by Crippen LogP contribution is 2.48. The summed E-state index contributed by atoms with van der Waals surface area (Å²) in [6.45, 7) is 2.27. The molecular weight excluding hydrogens is 380 g/mol. The number of hydrogen-bond donors (Lipinski definition) is 0. The maximum Gasteiger partial charge on any atom is 0.160 e. The second kappa shape index (κ2) is 7.59. The predicted molar refractivity (Wildman–Crippen MR) is 118 cm³/mol. The Morgan fingerprint density at radius 2 is 1.97 bits per heavy atom. The first-order chi connectivity index (χ1) is 14.3. The van der Waals surface area contributed by atoms with E-state index in [1.807, 2.05) is 36.2 Å². The van der Waals surface area contributed by atoms with Crippen LogP contribution in [0.25, 0.3) is 5.69 Å². The van der Waals surface area contributed by atoms with Crippen molar-refractivity contribution < 1.29 is 4.74 Å². The molecule has 29 heavy (non-hydrogen) atoms. The van der Waals surface area contributed by atoms with Gasteiger partial charge < -0.3 is 14.2 Å². The molecule has 2 aliphatic rings. The Balaban J connectivity index is 1.60. The van der Waals surface area contributed by atoms with Crippen LogP contribution in [-0.2, 0) is 0 Å². The lowest BCUT2D eigenvalue weighted by molar-refractivity contribution is 0.249. The van der Waals surface area contributed by atoms with Gasteiger partial charge in [0.25, 0.3) is 0 Å². The number of pyridine rings is 1. The van der Waals surface area contributed by atoms with E-state index in [9.17, 15) is 0 Å². The van der Waals surface area contributed by atoms with E-state index in [-0.39, 0.29) is 12.1 Å². The van der Waals surface area contributed by atoms with Crippen molar-refractivity contribution in [1.82, 2.24) is 14.5 Å². The molecule has 0 bridgehead atoms. The molecule has 5 nitrogen and oxygen atoms in total. The number of nitrogens with zero attached hydrogens (tertiary/aromatic N) is 4. The highest BCUT2D eigenvalue weighted by Gasteiger charge is 2.46. The van der Waals surface area contributed by atoms with Gasteiger partial charge in [-0.05, 0) is 55.0 Å². The number of ether oxygens (including phenoxy) is 1. The lowest BCUT2D eigenvalue weighted by Crippen LogP contribution is -2.36. The topological polar surface area (TPSA) is 42.6 Å². The molecule has 1 fully saturated rings. The Kier molecular flexibility index (Phi) is 4.79. The smallest absolute Gasteiger partial charge is 0.160 e. The molecule has 148 valence electrons. The van der Waals surface area contributed by atoms with E-state index in [2.05, 4.69) is 64.0 Å². The lowest BCUT2D eigenvalue weighted by atomic mass is 9.99. The fraction of sp³-hybridized carbons (Fsp3) is 0.304. The molecule has 0 amide bonds. The number of amidine groups is 1. The average Bonchev–Trinajstić information content (AvgIpc) is 3.49. The molecule has 3 aromatic rings. The van der Waals surface area contributed by atoms with E-state index in [0.717, 1.165) is 34.5 Å². The van der Waals surface area contributed by atoms with Crippen LogP contribution in [0.4, 0.5) is 0 Å². The molecule has 6 heteroatoms. The van der Waals surface area contributed by atoms with Gasteiger partial charge in [0.2, 0.25) is 0 Å². The van der Waals surface area contributed by atoms with E-state index in [1.54, 1.807) is 7.11 Å². The maximum atomic E-state index is 5.33. The number of hydrogen-bond acceptors (Lipinski definition) is 5. The number of benzene rings is 1. The van der Waals surface area contributed by atoms with Gasteiger partial charge in [0, 0.05) is 35.6 Å². The van der Waals surface area contributed by atoms with Crippen molar-refractivity contribution >= 4 is 16.9 Å². The molecule has 5 rings (SSSR count). The summed E-state index contributed by atoms with van der Waals surface area (Å²) in [6, 6.07) is 19.3. The van der Waals surface area contributed by atoms with Gasteiger partial charge in [-0.1, -0.05) is 24.8 Å². The summed E-state index contributed by atoms with van der Waals surface area (Å²) in [6.07, 6.45) is 5.11. The Bertz CT molecular complexity index is 1010. The van der Waals surface area contributed by atoms with Crippen LogP contribution in [0.2, 0.25) is 0 Å². The molecule has 3 atom stereocenters. The first-order valence-corrected chi connectivity index (χ1v) is 11.0. The van der Waals surface area contributed by atoms with Gasteiger partial charge in [-0.25, -0.2) is 0 Å². The van der Waals surface area contributed by atoms with Crippen LogP contribution < -0.4 is 4.74 Å². The third kappa shape index (κ3) is 3.12. The van der Waals surface area contributed by atoms with Crippen molar-refractivity contribution in [1.29, 1.82) is 0 Å².